The number of nitrogens with zero attached hydrogens (tertiary/aromatic N) is 6. The van der Waals surface area contributed by atoms with E-state index < -0.39 is 0 Å². The average molecular weight is 664 g/mol. The van der Waals surface area contributed by atoms with Crippen LogP contribution < -0.4 is 0 Å². The van der Waals surface area contributed by atoms with E-state index in [1.165, 1.54) is 11.1 Å². The van der Waals surface area contributed by atoms with Crippen LogP contribution in [0.25, 0.3) is 22.1 Å². The maximum Gasteiger partial charge on any atom is 0.307 e. The smallest absolute Gasteiger partial charge is 0.307 e. The van der Waals surface area contributed by atoms with E-state index in [-0.39, 0.29) is 11.9 Å². The molecule has 1 N–H and O–H groups in total. The lowest BCUT2D eigenvalue weighted by atomic mass is 10.1. The zero-order chi connectivity index (χ0) is 34.5. The summed E-state index contributed by atoms with van der Waals surface area (Å²) in [5.74, 6) is -0.255. The number of hydrogen-bond donors (Lipinski definition) is 1. The van der Waals surface area contributed by atoms with Gasteiger partial charge in [0.15, 0.2) is 0 Å². The second-order valence-electron chi connectivity index (χ2n) is 11.1. The largest absolute Gasteiger partial charge is 0.466 e. The maximum absolute atomic E-state index is 11.7. The molecule has 0 aliphatic rings. The van der Waals surface area contributed by atoms with Crippen LogP contribution >= 0.6 is 0 Å². The van der Waals surface area contributed by atoms with E-state index in [1.807, 2.05) is 103 Å². The summed E-state index contributed by atoms with van der Waals surface area (Å²) >= 11 is 0. The molecule has 0 fully saturated rings. The van der Waals surface area contributed by atoms with Crippen LogP contribution in [-0.4, -0.2) is 67.0 Å². The third kappa shape index (κ3) is 13.0. The van der Waals surface area contributed by atoms with Crippen molar-refractivity contribution < 1.29 is 19.1 Å². The number of rotatable bonds is 14. The topological polar surface area (TPSA) is 128 Å². The number of esters is 2. The van der Waals surface area contributed by atoms with Crippen LogP contribution in [0.3, 0.4) is 0 Å². The number of fused-ring (bicyclic) bond motifs is 2. The van der Waals surface area contributed by atoms with Crippen molar-refractivity contribution >= 4 is 34.0 Å². The summed E-state index contributed by atoms with van der Waals surface area (Å²) in [4.78, 5) is 24.9. The van der Waals surface area contributed by atoms with Crippen molar-refractivity contribution in [2.24, 2.45) is 0 Å². The molecular weight excluding hydrogens is 618 g/mol. The van der Waals surface area contributed by atoms with Gasteiger partial charge in [-0.1, -0.05) is 90.1 Å². The molecule has 256 valence electrons. The Balaban J connectivity index is 0.000000189. The van der Waals surface area contributed by atoms with Gasteiger partial charge < -0.3 is 9.47 Å². The molecule has 11 heteroatoms. The number of carbonyl (C=O) groups is 2. The Bertz CT molecular complexity index is 1780. The molecule has 2 heterocycles. The van der Waals surface area contributed by atoms with Crippen LogP contribution in [0.4, 0.5) is 0 Å². The summed E-state index contributed by atoms with van der Waals surface area (Å²) in [5, 5.41) is 18.7. The highest BCUT2D eigenvalue weighted by Gasteiger charge is 2.13. The zero-order valence-corrected chi connectivity index (χ0v) is 28.3. The van der Waals surface area contributed by atoms with Crippen molar-refractivity contribution in [3.05, 3.63) is 120 Å². The van der Waals surface area contributed by atoms with Crippen molar-refractivity contribution in [3.63, 3.8) is 0 Å². The number of ether oxygens (including phenoxy) is 2. The van der Waals surface area contributed by atoms with E-state index in [4.69, 9.17) is 9.47 Å². The molecule has 0 aliphatic carbocycles. The maximum atomic E-state index is 11.7. The van der Waals surface area contributed by atoms with E-state index in [0.717, 1.165) is 47.9 Å². The number of aryl methyl sites for hydroxylation is 1. The monoisotopic (exact) mass is 663 g/mol. The molecule has 6 rings (SSSR count). The first-order valence-corrected chi connectivity index (χ1v) is 16.7. The lowest BCUT2D eigenvalue weighted by molar-refractivity contribution is -0.144. The first kappa shape index (κ1) is 36.4. The Morgan fingerprint density at radius 2 is 1.22 bits per heavy atom. The Labute approximate surface area is 287 Å². The van der Waals surface area contributed by atoms with E-state index in [1.54, 1.807) is 0 Å². The van der Waals surface area contributed by atoms with Gasteiger partial charge in [-0.15, -0.1) is 5.10 Å². The van der Waals surface area contributed by atoms with Crippen molar-refractivity contribution in [2.45, 2.75) is 59.2 Å². The average Bonchev–Trinajstić information content (AvgIpc) is 3.78. The minimum absolute atomic E-state index is 0.0782. The molecule has 0 saturated heterocycles. The summed E-state index contributed by atoms with van der Waals surface area (Å²) in [6.07, 6.45) is 3.89. The summed E-state index contributed by atoms with van der Waals surface area (Å²) < 4.78 is 11.8. The number of aromatic amines is 1. The summed E-state index contributed by atoms with van der Waals surface area (Å²) in [6.45, 7) is 6.44. The Morgan fingerprint density at radius 3 is 1.86 bits per heavy atom. The number of unbranched alkanes of at least 4 members (excludes halogenated alkanes) is 1. The van der Waals surface area contributed by atoms with Crippen LogP contribution in [-0.2, 0) is 38.7 Å². The van der Waals surface area contributed by atoms with Crippen molar-refractivity contribution in [3.8, 4) is 0 Å². The number of aromatic nitrogens is 6. The molecule has 0 saturated carbocycles. The Morgan fingerprint density at radius 1 is 0.673 bits per heavy atom. The lowest BCUT2D eigenvalue weighted by Gasteiger charge is -2.22. The standard InChI is InChI=1S/C19H22N4O2.C13H18O2.C6H5N3/c1-2-25-19(24)12-13-22(14-16-8-4-3-5-9-16)15-23-18-11-7-6-10-17(18)20-21-23;1-2-15-13(14)11-7-6-10-12-8-4-3-5-9-12;1-2-4-6-5(3-1)7-9-8-6/h3-11H,2,12-15H2,1H3;3-5,8-9H,2,6-7,10-11H2,1H3;1-4H,(H,7,8,9). The molecule has 0 bridgehead atoms. The second-order valence-corrected chi connectivity index (χ2v) is 11.1. The highest BCUT2D eigenvalue weighted by molar-refractivity contribution is 5.74. The third-order valence-corrected chi connectivity index (χ3v) is 7.41. The van der Waals surface area contributed by atoms with Crippen molar-refractivity contribution in [1.29, 1.82) is 0 Å². The number of benzene rings is 4. The van der Waals surface area contributed by atoms with Crippen LogP contribution in [0.1, 0.15) is 50.7 Å². The number of hydrogen-bond acceptors (Lipinski definition) is 9. The lowest BCUT2D eigenvalue weighted by Crippen LogP contribution is -2.29. The minimum Gasteiger partial charge on any atom is -0.466 e. The van der Waals surface area contributed by atoms with Gasteiger partial charge in [-0.25, -0.2) is 4.68 Å². The van der Waals surface area contributed by atoms with Gasteiger partial charge in [-0.3, -0.25) is 14.5 Å². The van der Waals surface area contributed by atoms with E-state index in [9.17, 15) is 9.59 Å². The van der Waals surface area contributed by atoms with Gasteiger partial charge in [0, 0.05) is 19.5 Å². The van der Waals surface area contributed by atoms with Crippen molar-refractivity contribution in [2.75, 3.05) is 19.8 Å². The van der Waals surface area contributed by atoms with Gasteiger partial charge in [-0.05, 0) is 68.5 Å². The van der Waals surface area contributed by atoms with Crippen LogP contribution in [0, 0.1) is 0 Å². The highest BCUT2D eigenvalue weighted by Crippen LogP contribution is 2.13. The molecule has 6 aromatic rings. The molecule has 0 aliphatic heterocycles. The molecule has 2 aromatic heterocycles. The molecule has 0 unspecified atom stereocenters. The fourth-order valence-corrected chi connectivity index (χ4v) is 5.00. The van der Waals surface area contributed by atoms with Crippen LogP contribution in [0.5, 0.6) is 0 Å². The van der Waals surface area contributed by atoms with Crippen LogP contribution in [0.2, 0.25) is 0 Å². The van der Waals surface area contributed by atoms with Gasteiger partial charge in [0.25, 0.3) is 0 Å². The molecule has 0 amide bonds. The normalized spacial score (nSPS) is 10.6. The van der Waals surface area contributed by atoms with Gasteiger partial charge in [0.2, 0.25) is 0 Å². The Kier molecular flexibility index (Phi) is 15.4. The SMILES string of the molecule is CCOC(=O)CCCCc1ccccc1.CCOC(=O)CCN(Cc1ccccc1)Cn1nnc2ccccc21.c1ccc2n[nH]nc2c1. The summed E-state index contributed by atoms with van der Waals surface area (Å²) in [6, 6.07) is 36.1. The van der Waals surface area contributed by atoms with E-state index in [0.29, 0.717) is 39.3 Å². The van der Waals surface area contributed by atoms with Crippen molar-refractivity contribution in [1.82, 2.24) is 35.3 Å². The molecule has 4 aromatic carbocycles. The quantitative estimate of drug-likeness (QED) is 0.0992. The molecule has 49 heavy (non-hydrogen) atoms. The first-order chi connectivity index (χ1) is 24.1. The molecule has 11 nitrogen and oxygen atoms in total. The first-order valence-electron chi connectivity index (χ1n) is 16.7. The predicted octanol–water partition coefficient (Wildman–Crippen LogP) is 6.76. The van der Waals surface area contributed by atoms with E-state index in [2.05, 4.69) is 54.9 Å². The summed E-state index contributed by atoms with van der Waals surface area (Å²) in [7, 11) is 0. The number of H-pyrrole nitrogens is 1. The fraction of sp³-hybridized carbons (Fsp3) is 0.316. The Hall–Kier alpha value is -5.42. The van der Waals surface area contributed by atoms with Gasteiger partial charge in [0.1, 0.15) is 16.6 Å². The van der Waals surface area contributed by atoms with Crippen LogP contribution in [0.15, 0.2) is 109 Å². The molecule has 0 radical (unpaired) electrons. The fourth-order valence-electron chi connectivity index (χ4n) is 5.00. The summed E-state index contributed by atoms with van der Waals surface area (Å²) in [5.41, 5.74) is 6.20. The van der Waals surface area contributed by atoms with Gasteiger partial charge in [-0.2, -0.15) is 15.4 Å². The number of para-hydroxylation sites is 3. The third-order valence-electron chi connectivity index (χ3n) is 7.41. The van der Waals surface area contributed by atoms with Gasteiger partial charge >= 0.3 is 11.9 Å². The second kappa shape index (κ2) is 20.7. The number of carbonyl (C=O) groups excluding carboxylic acids is 2. The zero-order valence-electron chi connectivity index (χ0n) is 28.3. The van der Waals surface area contributed by atoms with E-state index >= 15 is 0 Å². The molecule has 0 spiro atoms. The molecular formula is C38H45N7O4. The van der Waals surface area contributed by atoms with Gasteiger partial charge in [0.05, 0.1) is 31.8 Å². The highest BCUT2D eigenvalue weighted by atomic mass is 16.5. The number of nitrogens with one attached hydrogen (secondary N) is 1. The minimum atomic E-state index is -0.177. The predicted molar refractivity (Wildman–Crippen MR) is 190 cm³/mol. The molecule has 0 atom stereocenters.